The number of benzene rings is 1. The maximum Gasteiger partial charge on any atom is 0.344 e. The lowest BCUT2D eigenvalue weighted by atomic mass is 9.93. The predicted molar refractivity (Wildman–Crippen MR) is 139 cm³/mol. The Morgan fingerprint density at radius 2 is 1.89 bits per heavy atom. The number of ether oxygens (including phenoxy) is 2. The van der Waals surface area contributed by atoms with Crippen LogP contribution in [0.1, 0.15) is 52.9 Å². The van der Waals surface area contributed by atoms with Crippen molar-refractivity contribution in [2.24, 2.45) is 5.92 Å². The van der Waals surface area contributed by atoms with Gasteiger partial charge in [-0.05, 0) is 43.9 Å². The first-order valence-electron chi connectivity index (χ1n) is 12.3. The lowest BCUT2D eigenvalue weighted by Crippen LogP contribution is -2.40. The van der Waals surface area contributed by atoms with Crippen LogP contribution >= 0.6 is 11.6 Å². The fraction of sp³-hybridized carbons (Fsp3) is 0.500. The van der Waals surface area contributed by atoms with E-state index in [1.807, 2.05) is 0 Å². The van der Waals surface area contributed by atoms with Gasteiger partial charge in [0.25, 0.3) is 0 Å². The maximum absolute atomic E-state index is 14.2. The van der Waals surface area contributed by atoms with E-state index in [0.717, 1.165) is 38.3 Å². The first-order valence-corrected chi connectivity index (χ1v) is 12.7. The summed E-state index contributed by atoms with van der Waals surface area (Å²) in [5, 5.41) is 5.54. The fourth-order valence-corrected chi connectivity index (χ4v) is 4.40. The van der Waals surface area contributed by atoms with Gasteiger partial charge in [-0.2, -0.15) is 0 Å². The van der Waals surface area contributed by atoms with Crippen LogP contribution in [0.4, 0.5) is 26.4 Å². The van der Waals surface area contributed by atoms with E-state index in [1.54, 1.807) is 13.0 Å². The molecule has 10 heteroatoms. The van der Waals surface area contributed by atoms with Gasteiger partial charge in [0.1, 0.15) is 11.6 Å². The number of carbonyl (C=O) groups excluding carboxylic acids is 2. The zero-order chi connectivity index (χ0) is 26.1. The highest BCUT2D eigenvalue weighted by Crippen LogP contribution is 2.34. The van der Waals surface area contributed by atoms with Crippen LogP contribution in [-0.2, 0) is 9.53 Å². The normalized spacial score (nSPS) is 13.8. The standard InChI is InChI=1S/C26H34ClFN4O4/c1-4-35-24(33)16-36-20-13-23(31-26(34)30-22-11-10-18(27)12-21(22)28)25(29-14-20)32(15-17(2)3)19-8-6-5-7-9-19/h10-14,17,19H,4-9,15-16H2,1-3H3,(H2,30,31,34). The molecule has 1 aliphatic carbocycles. The molecule has 2 N–H and O–H groups in total. The largest absolute Gasteiger partial charge is 0.480 e. The van der Waals surface area contributed by atoms with Gasteiger partial charge in [-0.3, -0.25) is 0 Å². The van der Waals surface area contributed by atoms with Crippen LogP contribution in [0.2, 0.25) is 5.02 Å². The summed E-state index contributed by atoms with van der Waals surface area (Å²) in [6.45, 7) is 6.70. The molecule has 1 aromatic heterocycles. The molecule has 0 saturated heterocycles. The number of carbonyl (C=O) groups is 2. The second-order valence-corrected chi connectivity index (χ2v) is 9.61. The van der Waals surface area contributed by atoms with E-state index in [9.17, 15) is 14.0 Å². The molecule has 0 unspecified atom stereocenters. The van der Waals surface area contributed by atoms with E-state index in [-0.39, 0.29) is 30.0 Å². The van der Waals surface area contributed by atoms with E-state index >= 15 is 0 Å². The Hall–Kier alpha value is -3.07. The molecule has 0 radical (unpaired) electrons. The first-order chi connectivity index (χ1) is 17.3. The molecular formula is C26H34ClFN4O4. The van der Waals surface area contributed by atoms with Gasteiger partial charge in [-0.25, -0.2) is 19.0 Å². The number of nitrogens with one attached hydrogen (secondary N) is 2. The number of anilines is 3. The number of esters is 1. The maximum atomic E-state index is 14.2. The Bertz CT molecular complexity index is 1050. The van der Waals surface area contributed by atoms with Gasteiger partial charge in [0.2, 0.25) is 0 Å². The molecule has 2 aromatic rings. The summed E-state index contributed by atoms with van der Waals surface area (Å²) >= 11 is 5.81. The molecule has 1 fully saturated rings. The number of nitrogens with zero attached hydrogens (tertiary/aromatic N) is 2. The molecule has 2 amide bonds. The quantitative estimate of drug-likeness (QED) is 0.359. The third kappa shape index (κ3) is 7.98. The van der Waals surface area contributed by atoms with Crippen molar-refractivity contribution in [2.45, 2.75) is 58.9 Å². The smallest absolute Gasteiger partial charge is 0.344 e. The van der Waals surface area contributed by atoms with E-state index in [1.165, 1.54) is 24.8 Å². The number of pyridine rings is 1. The second-order valence-electron chi connectivity index (χ2n) is 9.18. The van der Waals surface area contributed by atoms with Crippen molar-refractivity contribution in [3.8, 4) is 5.75 Å². The van der Waals surface area contributed by atoms with Crippen LogP contribution in [-0.4, -0.2) is 42.8 Å². The Morgan fingerprint density at radius 3 is 2.56 bits per heavy atom. The SMILES string of the molecule is CCOC(=O)COc1cnc(N(CC(C)C)C2CCCCC2)c(NC(=O)Nc2ccc(Cl)cc2F)c1. The number of aromatic nitrogens is 1. The molecule has 1 aromatic carbocycles. The molecule has 1 heterocycles. The zero-order valence-corrected chi connectivity index (χ0v) is 21.7. The molecule has 3 rings (SSSR count). The summed E-state index contributed by atoms with van der Waals surface area (Å²) in [6.07, 6.45) is 7.10. The van der Waals surface area contributed by atoms with Crippen molar-refractivity contribution in [1.29, 1.82) is 0 Å². The van der Waals surface area contributed by atoms with Gasteiger partial charge in [-0.15, -0.1) is 0 Å². The minimum absolute atomic E-state index is 0.00700. The summed E-state index contributed by atoms with van der Waals surface area (Å²) in [5.41, 5.74) is 0.391. The van der Waals surface area contributed by atoms with Crippen LogP contribution in [0.5, 0.6) is 5.75 Å². The van der Waals surface area contributed by atoms with Gasteiger partial charge in [0.15, 0.2) is 12.4 Å². The average Bonchev–Trinajstić information content (AvgIpc) is 2.84. The van der Waals surface area contributed by atoms with E-state index in [2.05, 4.69) is 34.4 Å². The zero-order valence-electron chi connectivity index (χ0n) is 21.0. The minimum atomic E-state index is -0.647. The minimum Gasteiger partial charge on any atom is -0.480 e. The Morgan fingerprint density at radius 1 is 1.17 bits per heavy atom. The monoisotopic (exact) mass is 520 g/mol. The third-order valence-electron chi connectivity index (χ3n) is 5.78. The van der Waals surface area contributed by atoms with Crippen molar-refractivity contribution in [1.82, 2.24) is 4.98 Å². The van der Waals surface area contributed by atoms with Crippen LogP contribution in [0.15, 0.2) is 30.5 Å². The molecule has 36 heavy (non-hydrogen) atoms. The summed E-state index contributed by atoms with van der Waals surface area (Å²) in [4.78, 5) is 31.5. The molecular weight excluding hydrogens is 487 g/mol. The van der Waals surface area contributed by atoms with Crippen LogP contribution in [0, 0.1) is 11.7 Å². The highest BCUT2D eigenvalue weighted by Gasteiger charge is 2.26. The van der Waals surface area contributed by atoms with Crippen molar-refractivity contribution in [3.05, 3.63) is 41.3 Å². The molecule has 0 atom stereocenters. The lowest BCUT2D eigenvalue weighted by molar-refractivity contribution is -0.145. The highest BCUT2D eigenvalue weighted by molar-refractivity contribution is 6.30. The second kappa shape index (κ2) is 13.3. The Kier molecular flexibility index (Phi) is 10.2. The molecule has 0 spiro atoms. The van der Waals surface area contributed by atoms with Gasteiger partial charge in [0.05, 0.1) is 24.2 Å². The van der Waals surface area contributed by atoms with E-state index in [4.69, 9.17) is 21.1 Å². The highest BCUT2D eigenvalue weighted by atomic mass is 35.5. The molecule has 0 bridgehead atoms. The molecule has 1 saturated carbocycles. The van der Waals surface area contributed by atoms with Crippen molar-refractivity contribution in [3.63, 3.8) is 0 Å². The Labute approximate surface area is 216 Å². The summed E-state index contributed by atoms with van der Waals surface area (Å²) in [7, 11) is 0. The average molecular weight is 521 g/mol. The number of hydrogen-bond acceptors (Lipinski definition) is 6. The topological polar surface area (TPSA) is 92.8 Å². The van der Waals surface area contributed by atoms with E-state index < -0.39 is 17.8 Å². The molecule has 196 valence electrons. The fourth-order valence-electron chi connectivity index (χ4n) is 4.24. The van der Waals surface area contributed by atoms with Gasteiger partial charge in [0, 0.05) is 23.7 Å². The molecule has 8 nitrogen and oxygen atoms in total. The van der Waals surface area contributed by atoms with Crippen LogP contribution in [0.3, 0.4) is 0 Å². The van der Waals surface area contributed by atoms with Crippen molar-refractivity contribution < 1.29 is 23.5 Å². The first kappa shape index (κ1) is 27.5. The molecule has 1 aliphatic rings. The predicted octanol–water partition coefficient (Wildman–Crippen LogP) is 6.26. The molecule has 0 aliphatic heterocycles. The van der Waals surface area contributed by atoms with Gasteiger partial charge >= 0.3 is 12.0 Å². The van der Waals surface area contributed by atoms with Crippen molar-refractivity contribution in [2.75, 3.05) is 35.3 Å². The van der Waals surface area contributed by atoms with Gasteiger partial charge < -0.3 is 25.0 Å². The number of hydrogen-bond donors (Lipinski definition) is 2. The van der Waals surface area contributed by atoms with Gasteiger partial charge in [-0.1, -0.05) is 44.7 Å². The summed E-state index contributed by atoms with van der Waals surface area (Å²) in [5.74, 6) is 0.110. The van der Waals surface area contributed by atoms with Crippen LogP contribution in [0.25, 0.3) is 0 Å². The number of halogens is 2. The summed E-state index contributed by atoms with van der Waals surface area (Å²) < 4.78 is 24.7. The van der Waals surface area contributed by atoms with Crippen molar-refractivity contribution >= 4 is 40.8 Å². The summed E-state index contributed by atoms with van der Waals surface area (Å²) in [6, 6.07) is 5.27. The third-order valence-corrected chi connectivity index (χ3v) is 6.02. The van der Waals surface area contributed by atoms with Crippen LogP contribution < -0.4 is 20.3 Å². The number of amides is 2. The lowest BCUT2D eigenvalue weighted by Gasteiger charge is -2.37. The Balaban J connectivity index is 1.89. The van der Waals surface area contributed by atoms with E-state index in [0.29, 0.717) is 23.2 Å². The number of urea groups is 1. The number of rotatable bonds is 10.